The van der Waals surface area contributed by atoms with E-state index in [2.05, 4.69) is 55.4 Å². The van der Waals surface area contributed by atoms with Gasteiger partial charge >= 0.3 is 5.97 Å². The molecule has 0 aliphatic heterocycles. The van der Waals surface area contributed by atoms with Crippen molar-refractivity contribution < 1.29 is 9.53 Å². The Morgan fingerprint density at radius 3 is 1.67 bits per heavy atom. The van der Waals surface area contributed by atoms with E-state index in [-0.39, 0.29) is 22.7 Å². The van der Waals surface area contributed by atoms with E-state index in [1.807, 2.05) is 6.92 Å². The Morgan fingerprint density at radius 2 is 1.39 bits per heavy atom. The minimum absolute atomic E-state index is 0.0231. The van der Waals surface area contributed by atoms with Gasteiger partial charge in [0.15, 0.2) is 0 Å². The smallest absolute Gasteiger partial charge is 0.312 e. The van der Waals surface area contributed by atoms with Crippen LogP contribution in [-0.4, -0.2) is 12.6 Å². The number of carbonyl (C=O) groups is 1. The molecule has 108 valence electrons. The molecule has 0 aliphatic carbocycles. The SMILES string of the molecule is CC(C)C(C)(CC(C)(C)C)C(=O)OCC(C)(C)C. The zero-order valence-electron chi connectivity index (χ0n) is 13.8. The van der Waals surface area contributed by atoms with Gasteiger partial charge in [0.1, 0.15) is 0 Å². The minimum atomic E-state index is -0.399. The first-order valence-corrected chi connectivity index (χ1v) is 6.95. The maximum Gasteiger partial charge on any atom is 0.312 e. The minimum Gasteiger partial charge on any atom is -0.465 e. The second-order valence-electron chi connectivity index (χ2n) is 8.45. The van der Waals surface area contributed by atoms with Crippen LogP contribution in [0.5, 0.6) is 0 Å². The average molecular weight is 256 g/mol. The summed E-state index contributed by atoms with van der Waals surface area (Å²) in [7, 11) is 0. The molecule has 2 heteroatoms. The highest BCUT2D eigenvalue weighted by Crippen LogP contribution is 2.40. The number of carbonyl (C=O) groups excluding carboxylic acids is 1. The molecule has 0 saturated carbocycles. The van der Waals surface area contributed by atoms with Crippen molar-refractivity contribution in [2.24, 2.45) is 22.2 Å². The van der Waals surface area contributed by atoms with Crippen molar-refractivity contribution in [2.45, 2.75) is 68.7 Å². The van der Waals surface area contributed by atoms with Gasteiger partial charge in [-0.1, -0.05) is 55.4 Å². The zero-order valence-corrected chi connectivity index (χ0v) is 13.8. The summed E-state index contributed by atoms with van der Waals surface area (Å²) in [5.74, 6) is 0.228. The average Bonchev–Trinajstić information content (AvgIpc) is 2.09. The molecule has 0 saturated heterocycles. The maximum absolute atomic E-state index is 12.4. The Bertz CT molecular complexity index is 278. The summed E-state index contributed by atoms with van der Waals surface area (Å²) in [5.41, 5.74) is -0.251. The maximum atomic E-state index is 12.4. The standard InChI is InChI=1S/C16H32O2/c1-12(2)16(9,10-14(3,4)5)13(17)18-11-15(6,7)8/h12H,10-11H2,1-9H3. The Labute approximate surface area is 113 Å². The lowest BCUT2D eigenvalue weighted by Gasteiger charge is -2.37. The van der Waals surface area contributed by atoms with Crippen LogP contribution in [0, 0.1) is 22.2 Å². The monoisotopic (exact) mass is 256 g/mol. The lowest BCUT2D eigenvalue weighted by atomic mass is 9.69. The highest BCUT2D eigenvalue weighted by Gasteiger charge is 2.41. The second-order valence-corrected chi connectivity index (χ2v) is 8.45. The van der Waals surface area contributed by atoms with Crippen molar-refractivity contribution in [3.05, 3.63) is 0 Å². The molecule has 0 aliphatic rings. The first-order chi connectivity index (χ1) is 7.78. The van der Waals surface area contributed by atoms with Gasteiger partial charge in [-0.25, -0.2) is 0 Å². The van der Waals surface area contributed by atoms with Gasteiger partial charge in [0.25, 0.3) is 0 Å². The normalized spacial score (nSPS) is 16.6. The molecule has 0 aromatic rings. The van der Waals surface area contributed by atoms with Crippen LogP contribution in [0.2, 0.25) is 0 Å². The van der Waals surface area contributed by atoms with Crippen molar-refractivity contribution in [3.8, 4) is 0 Å². The van der Waals surface area contributed by atoms with E-state index in [1.54, 1.807) is 0 Å². The van der Waals surface area contributed by atoms with E-state index >= 15 is 0 Å². The topological polar surface area (TPSA) is 26.3 Å². The Hall–Kier alpha value is -0.530. The van der Waals surface area contributed by atoms with E-state index in [9.17, 15) is 4.79 Å². The number of ether oxygens (including phenoxy) is 1. The van der Waals surface area contributed by atoms with E-state index in [4.69, 9.17) is 4.74 Å². The summed E-state index contributed by atoms with van der Waals surface area (Å²) >= 11 is 0. The number of hydrogen-bond donors (Lipinski definition) is 0. The fourth-order valence-electron chi connectivity index (χ4n) is 2.06. The summed E-state index contributed by atoms with van der Waals surface area (Å²) in [6, 6.07) is 0. The lowest BCUT2D eigenvalue weighted by molar-refractivity contribution is -0.162. The van der Waals surface area contributed by atoms with Gasteiger partial charge in [-0.05, 0) is 30.1 Å². The van der Waals surface area contributed by atoms with Crippen molar-refractivity contribution in [3.63, 3.8) is 0 Å². The molecular weight excluding hydrogens is 224 g/mol. The van der Waals surface area contributed by atoms with E-state index in [1.165, 1.54) is 0 Å². The molecule has 0 heterocycles. The van der Waals surface area contributed by atoms with Crippen molar-refractivity contribution in [1.82, 2.24) is 0 Å². The molecule has 0 bridgehead atoms. The third-order valence-electron chi connectivity index (χ3n) is 3.27. The lowest BCUT2D eigenvalue weighted by Crippen LogP contribution is -2.39. The van der Waals surface area contributed by atoms with Crippen molar-refractivity contribution >= 4 is 5.97 Å². The number of esters is 1. The first kappa shape index (κ1) is 17.5. The summed E-state index contributed by atoms with van der Waals surface area (Å²) in [6.07, 6.45) is 0.848. The first-order valence-electron chi connectivity index (χ1n) is 6.95. The predicted molar refractivity (Wildman–Crippen MR) is 77.4 cm³/mol. The third-order valence-corrected chi connectivity index (χ3v) is 3.27. The second kappa shape index (κ2) is 5.63. The quantitative estimate of drug-likeness (QED) is 0.683. The number of rotatable bonds is 4. The summed E-state index contributed by atoms with van der Waals surface area (Å²) in [4.78, 5) is 12.4. The van der Waals surface area contributed by atoms with Crippen molar-refractivity contribution in [2.75, 3.05) is 6.61 Å². The van der Waals surface area contributed by atoms with Gasteiger partial charge in [-0.3, -0.25) is 4.79 Å². The molecule has 18 heavy (non-hydrogen) atoms. The largest absolute Gasteiger partial charge is 0.465 e. The summed E-state index contributed by atoms with van der Waals surface area (Å²) < 4.78 is 5.54. The fraction of sp³-hybridized carbons (Fsp3) is 0.938. The molecule has 0 aromatic carbocycles. The van der Waals surface area contributed by atoms with Crippen LogP contribution in [0.1, 0.15) is 68.7 Å². The molecule has 0 amide bonds. The Balaban J connectivity index is 4.85. The van der Waals surface area contributed by atoms with Crippen molar-refractivity contribution in [1.29, 1.82) is 0 Å². The predicted octanol–water partition coefficient (Wildman–Crippen LogP) is 4.67. The summed E-state index contributed by atoms with van der Waals surface area (Å²) in [6.45, 7) is 19.5. The molecule has 0 fully saturated rings. The fourth-order valence-corrected chi connectivity index (χ4v) is 2.06. The molecule has 0 spiro atoms. The van der Waals surface area contributed by atoms with E-state index in [0.29, 0.717) is 6.61 Å². The molecular formula is C16H32O2. The Kier molecular flexibility index (Phi) is 5.46. The third kappa shape index (κ3) is 5.88. The van der Waals surface area contributed by atoms with Crippen LogP contribution >= 0.6 is 0 Å². The zero-order chi connectivity index (χ0) is 14.8. The molecule has 0 rings (SSSR count). The van der Waals surface area contributed by atoms with E-state index in [0.717, 1.165) is 6.42 Å². The summed E-state index contributed by atoms with van der Waals surface area (Å²) in [5, 5.41) is 0. The van der Waals surface area contributed by atoms with Crippen LogP contribution in [0.25, 0.3) is 0 Å². The Morgan fingerprint density at radius 1 is 0.944 bits per heavy atom. The molecule has 1 unspecified atom stereocenters. The highest BCUT2D eigenvalue weighted by molar-refractivity contribution is 5.76. The molecule has 0 radical (unpaired) electrons. The molecule has 1 atom stereocenters. The van der Waals surface area contributed by atoms with Gasteiger partial charge in [0.05, 0.1) is 12.0 Å². The van der Waals surface area contributed by atoms with Gasteiger partial charge in [-0.2, -0.15) is 0 Å². The van der Waals surface area contributed by atoms with Crippen LogP contribution < -0.4 is 0 Å². The molecule has 0 aromatic heterocycles. The van der Waals surface area contributed by atoms with Crippen LogP contribution in [0.15, 0.2) is 0 Å². The van der Waals surface area contributed by atoms with Crippen LogP contribution in [-0.2, 0) is 9.53 Å². The molecule has 0 N–H and O–H groups in total. The van der Waals surface area contributed by atoms with Gasteiger partial charge in [-0.15, -0.1) is 0 Å². The van der Waals surface area contributed by atoms with Crippen LogP contribution in [0.4, 0.5) is 0 Å². The van der Waals surface area contributed by atoms with Gasteiger partial charge in [0, 0.05) is 0 Å². The highest BCUT2D eigenvalue weighted by atomic mass is 16.5. The molecule has 2 nitrogen and oxygen atoms in total. The van der Waals surface area contributed by atoms with Gasteiger partial charge in [0.2, 0.25) is 0 Å². The van der Waals surface area contributed by atoms with Crippen LogP contribution in [0.3, 0.4) is 0 Å². The van der Waals surface area contributed by atoms with E-state index < -0.39 is 5.41 Å². The van der Waals surface area contributed by atoms with Gasteiger partial charge < -0.3 is 4.74 Å². The number of hydrogen-bond acceptors (Lipinski definition) is 2.